The molecule has 8 heavy (non-hydrogen) atoms. The Morgan fingerprint density at radius 3 is 2.00 bits per heavy atom. The van der Waals surface area contributed by atoms with Gasteiger partial charge in [-0.3, -0.25) is 0 Å². The maximum atomic E-state index is 9.38. The molecule has 2 N–H and O–H groups in total. The SMILES string of the molecule is CCOC(=O)O.CO. The molecule has 0 aromatic heterocycles. The molecule has 0 bridgehead atoms. The molecule has 0 unspecified atom stereocenters. The number of carbonyl (C=O) groups is 1. The van der Waals surface area contributed by atoms with Gasteiger partial charge in [-0.05, 0) is 6.92 Å². The highest BCUT2D eigenvalue weighted by Crippen LogP contribution is 1.69. The van der Waals surface area contributed by atoms with Crippen LogP contribution >= 0.6 is 0 Å². The van der Waals surface area contributed by atoms with E-state index in [0.717, 1.165) is 7.11 Å². The molecule has 0 spiro atoms. The average Bonchev–Trinajstić information content (AvgIpc) is 1.72. The predicted octanol–water partition coefficient (Wildman–Crippen LogP) is 0.309. The van der Waals surface area contributed by atoms with E-state index >= 15 is 0 Å². The normalized spacial score (nSPS) is 6.38. The second-order valence-corrected chi connectivity index (χ2v) is 0.699. The van der Waals surface area contributed by atoms with Crippen molar-refractivity contribution in [3.05, 3.63) is 0 Å². The molecule has 0 aliphatic carbocycles. The van der Waals surface area contributed by atoms with Gasteiger partial charge in [0, 0.05) is 7.11 Å². The van der Waals surface area contributed by atoms with Crippen LogP contribution in [0.4, 0.5) is 4.79 Å². The Labute approximate surface area is 47.7 Å². The number of aliphatic hydroxyl groups is 1. The molecule has 4 nitrogen and oxygen atoms in total. The summed E-state index contributed by atoms with van der Waals surface area (Å²) in [6.07, 6.45) is -1.21. The first-order valence-corrected chi connectivity index (χ1v) is 2.07. The predicted molar refractivity (Wildman–Crippen MR) is 27.8 cm³/mol. The van der Waals surface area contributed by atoms with E-state index in [9.17, 15) is 4.79 Å². The third-order valence-corrected chi connectivity index (χ3v) is 0.268. The van der Waals surface area contributed by atoms with Crippen molar-refractivity contribution >= 4 is 6.16 Å². The van der Waals surface area contributed by atoms with Crippen LogP contribution in [0.5, 0.6) is 0 Å². The Morgan fingerprint density at radius 2 is 2.00 bits per heavy atom. The molecule has 4 heteroatoms. The summed E-state index contributed by atoms with van der Waals surface area (Å²) in [4.78, 5) is 9.38. The van der Waals surface area contributed by atoms with Crippen LogP contribution in [0.15, 0.2) is 0 Å². The fourth-order valence-corrected chi connectivity index (χ4v) is 0.123. The van der Waals surface area contributed by atoms with Crippen molar-refractivity contribution in [3.8, 4) is 0 Å². The van der Waals surface area contributed by atoms with Crippen LogP contribution in [0, 0.1) is 0 Å². The van der Waals surface area contributed by atoms with E-state index in [2.05, 4.69) is 4.74 Å². The smallest absolute Gasteiger partial charge is 0.450 e. The summed E-state index contributed by atoms with van der Waals surface area (Å²) >= 11 is 0. The Hall–Kier alpha value is -0.770. The Balaban J connectivity index is 0. The van der Waals surface area contributed by atoms with Gasteiger partial charge in [-0.1, -0.05) is 0 Å². The van der Waals surface area contributed by atoms with Gasteiger partial charge in [-0.2, -0.15) is 0 Å². The number of aliphatic hydroxyl groups excluding tert-OH is 1. The van der Waals surface area contributed by atoms with E-state index in [4.69, 9.17) is 10.2 Å². The summed E-state index contributed by atoms with van der Waals surface area (Å²) < 4.78 is 3.96. The lowest BCUT2D eigenvalue weighted by atomic mass is 10.9. The van der Waals surface area contributed by atoms with Crippen LogP contribution in [0.1, 0.15) is 6.92 Å². The zero-order chi connectivity index (χ0) is 6.99. The molecule has 0 heterocycles. The molecule has 0 atom stereocenters. The first kappa shape index (κ1) is 10.3. The molecule has 0 saturated carbocycles. The molecule has 50 valence electrons. The van der Waals surface area contributed by atoms with Gasteiger partial charge in [-0.25, -0.2) is 4.79 Å². The van der Waals surface area contributed by atoms with Crippen molar-refractivity contribution in [1.82, 2.24) is 0 Å². The summed E-state index contributed by atoms with van der Waals surface area (Å²) in [7, 11) is 1.00. The van der Waals surface area contributed by atoms with Gasteiger partial charge in [0.2, 0.25) is 0 Å². The molecule has 0 saturated heterocycles. The Kier molecular flexibility index (Phi) is 12.2. The van der Waals surface area contributed by atoms with Crippen LogP contribution in [0.2, 0.25) is 0 Å². The second kappa shape index (κ2) is 9.52. The lowest BCUT2D eigenvalue weighted by Gasteiger charge is -1.87. The minimum Gasteiger partial charge on any atom is -0.450 e. The van der Waals surface area contributed by atoms with Gasteiger partial charge in [0.1, 0.15) is 0 Å². The van der Waals surface area contributed by atoms with Gasteiger partial charge in [0.25, 0.3) is 0 Å². The first-order chi connectivity index (χ1) is 3.77. The molecule has 0 rings (SSSR count). The number of carboxylic acid groups (broad SMARTS) is 1. The van der Waals surface area contributed by atoms with Crippen molar-refractivity contribution in [2.24, 2.45) is 0 Å². The maximum Gasteiger partial charge on any atom is 0.505 e. The molecule has 0 fully saturated rings. The molecule has 0 amide bonds. The van der Waals surface area contributed by atoms with Crippen molar-refractivity contribution in [2.45, 2.75) is 6.92 Å². The Bertz CT molecular complexity index is 52.0. The highest BCUT2D eigenvalue weighted by molar-refractivity contribution is 5.56. The van der Waals surface area contributed by atoms with Gasteiger partial charge in [-0.15, -0.1) is 0 Å². The molecule has 0 radical (unpaired) electrons. The number of hydrogen-bond acceptors (Lipinski definition) is 3. The topological polar surface area (TPSA) is 66.8 Å². The van der Waals surface area contributed by atoms with Crippen LogP contribution in [0.3, 0.4) is 0 Å². The minimum atomic E-state index is -1.21. The van der Waals surface area contributed by atoms with Crippen molar-refractivity contribution in [3.63, 3.8) is 0 Å². The van der Waals surface area contributed by atoms with Gasteiger partial charge in [0.05, 0.1) is 6.61 Å². The van der Waals surface area contributed by atoms with Crippen LogP contribution in [-0.4, -0.2) is 30.1 Å². The molecule has 0 aliphatic rings. The van der Waals surface area contributed by atoms with Crippen molar-refractivity contribution in [1.29, 1.82) is 0 Å². The third-order valence-electron chi connectivity index (χ3n) is 0.268. The fraction of sp³-hybridized carbons (Fsp3) is 0.750. The monoisotopic (exact) mass is 122 g/mol. The van der Waals surface area contributed by atoms with Crippen LogP contribution in [0.25, 0.3) is 0 Å². The lowest BCUT2D eigenvalue weighted by Crippen LogP contribution is -1.97. The van der Waals surface area contributed by atoms with Gasteiger partial charge < -0.3 is 14.9 Å². The fourth-order valence-electron chi connectivity index (χ4n) is 0.123. The maximum absolute atomic E-state index is 9.38. The minimum absolute atomic E-state index is 0.231. The standard InChI is InChI=1S/C3H6O3.CH4O/c1-2-6-3(4)5;1-2/h2H2,1H3,(H,4,5);2H,1H3. The van der Waals surface area contributed by atoms with Gasteiger partial charge >= 0.3 is 6.16 Å². The quantitative estimate of drug-likeness (QED) is 0.491. The van der Waals surface area contributed by atoms with E-state index in [1.165, 1.54) is 0 Å². The molecular formula is C4H10O4. The van der Waals surface area contributed by atoms with Gasteiger partial charge in [0.15, 0.2) is 0 Å². The van der Waals surface area contributed by atoms with E-state index in [1.54, 1.807) is 6.92 Å². The van der Waals surface area contributed by atoms with Crippen LogP contribution in [-0.2, 0) is 4.74 Å². The highest BCUT2D eigenvalue weighted by Gasteiger charge is 1.86. The van der Waals surface area contributed by atoms with E-state index in [1.807, 2.05) is 0 Å². The average molecular weight is 122 g/mol. The number of rotatable bonds is 1. The zero-order valence-electron chi connectivity index (χ0n) is 4.92. The number of ether oxygens (including phenoxy) is 1. The summed E-state index contributed by atoms with van der Waals surface area (Å²) in [5.74, 6) is 0. The van der Waals surface area contributed by atoms with Crippen molar-refractivity contribution in [2.75, 3.05) is 13.7 Å². The van der Waals surface area contributed by atoms with E-state index in [0.29, 0.717) is 0 Å². The molecule has 0 aromatic carbocycles. The van der Waals surface area contributed by atoms with Crippen molar-refractivity contribution < 1.29 is 19.7 Å². The van der Waals surface area contributed by atoms with E-state index < -0.39 is 6.16 Å². The second-order valence-electron chi connectivity index (χ2n) is 0.699. The summed E-state index contributed by atoms with van der Waals surface area (Å²) in [5.41, 5.74) is 0. The largest absolute Gasteiger partial charge is 0.505 e. The molecular weight excluding hydrogens is 112 g/mol. The number of hydrogen-bond donors (Lipinski definition) is 2. The Morgan fingerprint density at radius 1 is 1.62 bits per heavy atom. The zero-order valence-corrected chi connectivity index (χ0v) is 4.92. The molecule has 0 aliphatic heterocycles. The third kappa shape index (κ3) is 18.8. The molecule has 0 aromatic rings. The summed E-state index contributed by atoms with van der Waals surface area (Å²) in [6.45, 7) is 1.85. The summed E-state index contributed by atoms with van der Waals surface area (Å²) in [5, 5.41) is 14.7. The summed E-state index contributed by atoms with van der Waals surface area (Å²) in [6, 6.07) is 0. The lowest BCUT2D eigenvalue weighted by molar-refractivity contribution is 0.0966. The highest BCUT2D eigenvalue weighted by atomic mass is 16.7. The van der Waals surface area contributed by atoms with Crippen LogP contribution < -0.4 is 0 Å². The first-order valence-electron chi connectivity index (χ1n) is 2.07. The van der Waals surface area contributed by atoms with E-state index in [-0.39, 0.29) is 6.61 Å².